The van der Waals surface area contributed by atoms with Crippen molar-refractivity contribution in [1.82, 2.24) is 9.88 Å². The predicted octanol–water partition coefficient (Wildman–Crippen LogP) is 1.74. The second-order valence-electron chi connectivity index (χ2n) is 6.01. The van der Waals surface area contributed by atoms with Gasteiger partial charge in [0, 0.05) is 50.2 Å². The number of nitrogens with zero attached hydrogens (tertiary/aromatic N) is 2. The van der Waals surface area contributed by atoms with Gasteiger partial charge in [-0.05, 0) is 31.4 Å². The Labute approximate surface area is 125 Å². The maximum atomic E-state index is 12.6. The highest BCUT2D eigenvalue weighted by atomic mass is 16.5. The van der Waals surface area contributed by atoms with Crippen LogP contribution in [0, 0.1) is 5.41 Å². The average Bonchev–Trinajstić information content (AvgIpc) is 2.54. The highest BCUT2D eigenvalue weighted by Gasteiger charge is 2.47. The molecule has 0 radical (unpaired) electrons. The van der Waals surface area contributed by atoms with Crippen molar-refractivity contribution in [3.8, 4) is 0 Å². The van der Waals surface area contributed by atoms with Gasteiger partial charge < -0.3 is 14.4 Å². The molecule has 1 aromatic heterocycles. The average molecular weight is 290 g/mol. The van der Waals surface area contributed by atoms with Gasteiger partial charge in [0.25, 0.3) is 5.91 Å². The van der Waals surface area contributed by atoms with Crippen molar-refractivity contribution >= 4 is 5.91 Å². The lowest BCUT2D eigenvalue weighted by Crippen LogP contribution is -2.58. The number of piperidine rings is 1. The largest absolute Gasteiger partial charge is 0.384 e. The Morgan fingerprint density at radius 3 is 3.10 bits per heavy atom. The molecule has 0 unspecified atom stereocenters. The summed E-state index contributed by atoms with van der Waals surface area (Å²) in [5.41, 5.74) is 0.654. The van der Waals surface area contributed by atoms with Crippen molar-refractivity contribution in [3.05, 3.63) is 30.1 Å². The fourth-order valence-electron chi connectivity index (χ4n) is 3.64. The molecule has 0 spiro atoms. The highest BCUT2D eigenvalue weighted by molar-refractivity contribution is 5.94. The molecular formula is C16H22N2O3. The number of carbonyl (C=O) groups is 1. The molecule has 1 amide bonds. The Bertz CT molecular complexity index is 490. The van der Waals surface area contributed by atoms with Crippen LogP contribution in [-0.4, -0.2) is 55.3 Å². The van der Waals surface area contributed by atoms with Gasteiger partial charge in [-0.1, -0.05) is 0 Å². The van der Waals surface area contributed by atoms with E-state index in [0.717, 1.165) is 32.4 Å². The number of carbonyl (C=O) groups excluding carboxylic acids is 1. The molecule has 0 bridgehead atoms. The van der Waals surface area contributed by atoms with Crippen molar-refractivity contribution in [1.29, 1.82) is 0 Å². The first-order chi connectivity index (χ1) is 10.2. The Hall–Kier alpha value is -1.46. The van der Waals surface area contributed by atoms with Crippen molar-refractivity contribution in [2.45, 2.75) is 25.4 Å². The maximum Gasteiger partial charge on any atom is 0.253 e. The molecule has 114 valence electrons. The van der Waals surface area contributed by atoms with Gasteiger partial charge in [0.1, 0.15) is 0 Å². The Balaban J connectivity index is 1.78. The van der Waals surface area contributed by atoms with Crippen LogP contribution < -0.4 is 0 Å². The maximum absolute atomic E-state index is 12.6. The molecule has 1 aromatic rings. The molecule has 0 aromatic carbocycles. The molecule has 21 heavy (non-hydrogen) atoms. The predicted molar refractivity (Wildman–Crippen MR) is 78.0 cm³/mol. The van der Waals surface area contributed by atoms with E-state index in [2.05, 4.69) is 4.98 Å². The van der Waals surface area contributed by atoms with Crippen LogP contribution in [0.15, 0.2) is 24.5 Å². The van der Waals surface area contributed by atoms with Gasteiger partial charge in [-0.15, -0.1) is 0 Å². The highest BCUT2D eigenvalue weighted by Crippen LogP contribution is 2.40. The van der Waals surface area contributed by atoms with E-state index >= 15 is 0 Å². The van der Waals surface area contributed by atoms with E-state index in [1.54, 1.807) is 31.6 Å². The molecule has 2 aliphatic rings. The zero-order chi connectivity index (χ0) is 14.7. The fraction of sp³-hybridized carbons (Fsp3) is 0.625. The van der Waals surface area contributed by atoms with Crippen LogP contribution in [0.4, 0.5) is 0 Å². The lowest BCUT2D eigenvalue weighted by Gasteiger charge is -2.50. The van der Waals surface area contributed by atoms with Crippen LogP contribution in [0.1, 0.15) is 29.6 Å². The summed E-state index contributed by atoms with van der Waals surface area (Å²) in [5, 5.41) is 0. The quantitative estimate of drug-likeness (QED) is 0.851. The van der Waals surface area contributed by atoms with E-state index in [1.165, 1.54) is 0 Å². The number of methoxy groups -OCH3 is 1. The first kappa shape index (κ1) is 14.5. The molecular weight excluding hydrogens is 268 g/mol. The van der Waals surface area contributed by atoms with Crippen LogP contribution in [0.5, 0.6) is 0 Å². The number of aromatic nitrogens is 1. The van der Waals surface area contributed by atoms with Crippen LogP contribution >= 0.6 is 0 Å². The van der Waals surface area contributed by atoms with Gasteiger partial charge in [-0.2, -0.15) is 0 Å². The number of hydrogen-bond acceptors (Lipinski definition) is 4. The van der Waals surface area contributed by atoms with E-state index < -0.39 is 0 Å². The molecule has 2 fully saturated rings. The molecule has 2 saturated heterocycles. The van der Waals surface area contributed by atoms with Gasteiger partial charge in [-0.25, -0.2) is 0 Å². The standard InChI is InChI=1S/C16H22N2O3/c1-20-12-16-6-2-10-21-14(16)5-9-18(11-16)15(19)13-3-7-17-8-4-13/h3-4,7-8,14H,2,5-6,9-12H2,1H3/t14-,16+/m1/s1. The first-order valence-electron chi connectivity index (χ1n) is 7.55. The first-order valence-corrected chi connectivity index (χ1v) is 7.55. The Morgan fingerprint density at radius 1 is 1.52 bits per heavy atom. The minimum Gasteiger partial charge on any atom is -0.384 e. The molecule has 0 N–H and O–H groups in total. The minimum atomic E-state index is -0.0477. The topological polar surface area (TPSA) is 51.7 Å². The zero-order valence-electron chi connectivity index (χ0n) is 12.5. The van der Waals surface area contributed by atoms with E-state index in [1.807, 2.05) is 4.90 Å². The number of amides is 1. The molecule has 3 heterocycles. The molecule has 0 saturated carbocycles. The third-order valence-corrected chi connectivity index (χ3v) is 4.63. The third kappa shape index (κ3) is 2.80. The molecule has 2 aliphatic heterocycles. The van der Waals surface area contributed by atoms with E-state index in [9.17, 15) is 4.79 Å². The summed E-state index contributed by atoms with van der Waals surface area (Å²) in [6, 6.07) is 3.55. The van der Waals surface area contributed by atoms with Crippen molar-refractivity contribution < 1.29 is 14.3 Å². The van der Waals surface area contributed by atoms with E-state index in [0.29, 0.717) is 18.7 Å². The van der Waals surface area contributed by atoms with E-state index in [4.69, 9.17) is 9.47 Å². The summed E-state index contributed by atoms with van der Waals surface area (Å²) < 4.78 is 11.4. The van der Waals surface area contributed by atoms with Crippen LogP contribution in [0.25, 0.3) is 0 Å². The molecule has 2 atom stereocenters. The monoisotopic (exact) mass is 290 g/mol. The summed E-state index contributed by atoms with van der Waals surface area (Å²) in [6.45, 7) is 2.94. The van der Waals surface area contributed by atoms with Crippen LogP contribution in [0.2, 0.25) is 0 Å². The van der Waals surface area contributed by atoms with Crippen molar-refractivity contribution in [2.75, 3.05) is 33.4 Å². The van der Waals surface area contributed by atoms with Crippen molar-refractivity contribution in [3.63, 3.8) is 0 Å². The van der Waals surface area contributed by atoms with Gasteiger partial charge >= 0.3 is 0 Å². The second kappa shape index (κ2) is 6.12. The van der Waals surface area contributed by atoms with Gasteiger partial charge in [0.15, 0.2) is 0 Å². The third-order valence-electron chi connectivity index (χ3n) is 4.63. The number of hydrogen-bond donors (Lipinski definition) is 0. The van der Waals surface area contributed by atoms with Crippen LogP contribution in [0.3, 0.4) is 0 Å². The number of likely N-dealkylation sites (tertiary alicyclic amines) is 1. The summed E-state index contributed by atoms with van der Waals surface area (Å²) in [7, 11) is 1.73. The van der Waals surface area contributed by atoms with Gasteiger partial charge in [0.2, 0.25) is 0 Å². The van der Waals surface area contributed by atoms with Gasteiger partial charge in [-0.3, -0.25) is 9.78 Å². The lowest BCUT2D eigenvalue weighted by molar-refractivity contribution is -0.142. The molecule has 3 rings (SSSR count). The number of ether oxygens (including phenoxy) is 2. The number of rotatable bonds is 3. The summed E-state index contributed by atoms with van der Waals surface area (Å²) >= 11 is 0. The SMILES string of the molecule is COC[C@@]12CCCO[C@@H]1CCN(C(=O)c1ccncc1)C2. The summed E-state index contributed by atoms with van der Waals surface area (Å²) in [5.74, 6) is 0.0805. The summed E-state index contributed by atoms with van der Waals surface area (Å²) in [4.78, 5) is 18.6. The molecule has 5 nitrogen and oxygen atoms in total. The lowest BCUT2D eigenvalue weighted by atomic mass is 9.73. The fourth-order valence-corrected chi connectivity index (χ4v) is 3.64. The normalized spacial score (nSPS) is 29.0. The zero-order valence-corrected chi connectivity index (χ0v) is 12.5. The summed E-state index contributed by atoms with van der Waals surface area (Å²) in [6.07, 6.45) is 6.53. The molecule has 0 aliphatic carbocycles. The molecule has 5 heteroatoms. The van der Waals surface area contributed by atoms with Crippen LogP contribution in [-0.2, 0) is 9.47 Å². The Morgan fingerprint density at radius 2 is 2.33 bits per heavy atom. The Kier molecular flexibility index (Phi) is 4.22. The number of fused-ring (bicyclic) bond motifs is 1. The second-order valence-corrected chi connectivity index (χ2v) is 6.01. The number of pyridine rings is 1. The van der Waals surface area contributed by atoms with Gasteiger partial charge in [0.05, 0.1) is 12.7 Å². The smallest absolute Gasteiger partial charge is 0.253 e. The van der Waals surface area contributed by atoms with E-state index in [-0.39, 0.29) is 17.4 Å². The van der Waals surface area contributed by atoms with Crippen molar-refractivity contribution in [2.24, 2.45) is 5.41 Å². The minimum absolute atomic E-state index is 0.0477.